The number of hydrogen-bond donors (Lipinski definition) is 1. The number of halogens is 2. The van der Waals surface area contributed by atoms with E-state index in [2.05, 4.69) is 5.32 Å². The molecule has 1 atom stereocenters. The van der Waals surface area contributed by atoms with E-state index in [0.29, 0.717) is 24.9 Å². The minimum Gasteiger partial charge on any atom is -0.327 e. The third-order valence-electron chi connectivity index (χ3n) is 4.02. The first-order chi connectivity index (χ1) is 11.6. The lowest BCUT2D eigenvalue weighted by molar-refractivity contribution is -0.119. The molecule has 6 heteroatoms. The zero-order valence-corrected chi connectivity index (χ0v) is 12.8. The lowest BCUT2D eigenvalue weighted by Gasteiger charge is -2.24. The fourth-order valence-electron chi connectivity index (χ4n) is 2.83. The third kappa shape index (κ3) is 3.27. The molecular formula is C18H16F2N2O2. The number of likely N-dealkylation sites (tertiary alicyclic amines) is 1. The van der Waals surface area contributed by atoms with Crippen molar-refractivity contribution < 1.29 is 18.4 Å². The minimum atomic E-state index is -1.03. The summed E-state index contributed by atoms with van der Waals surface area (Å²) in [5.74, 6) is -2.62. The molecule has 0 unspecified atom stereocenters. The van der Waals surface area contributed by atoms with E-state index in [1.807, 2.05) is 6.07 Å². The molecule has 2 aromatic rings. The van der Waals surface area contributed by atoms with Crippen molar-refractivity contribution in [2.45, 2.75) is 18.9 Å². The first-order valence-electron chi connectivity index (χ1n) is 7.68. The first-order valence-corrected chi connectivity index (χ1v) is 7.68. The highest BCUT2D eigenvalue weighted by atomic mass is 19.2. The highest BCUT2D eigenvalue weighted by molar-refractivity contribution is 6.01. The molecule has 1 saturated heterocycles. The smallest absolute Gasteiger partial charge is 0.254 e. The van der Waals surface area contributed by atoms with Gasteiger partial charge in [-0.3, -0.25) is 9.59 Å². The highest BCUT2D eigenvalue weighted by Gasteiger charge is 2.34. The number of carbonyl (C=O) groups is 2. The second-order valence-electron chi connectivity index (χ2n) is 5.64. The summed E-state index contributed by atoms with van der Waals surface area (Å²) >= 11 is 0. The molecule has 0 radical (unpaired) electrons. The number of amides is 2. The molecule has 3 rings (SSSR count). The fourth-order valence-corrected chi connectivity index (χ4v) is 2.83. The molecule has 2 aromatic carbocycles. The summed E-state index contributed by atoms with van der Waals surface area (Å²) in [6, 6.07) is 11.3. The highest BCUT2D eigenvalue weighted by Crippen LogP contribution is 2.22. The van der Waals surface area contributed by atoms with Gasteiger partial charge in [-0.1, -0.05) is 18.2 Å². The van der Waals surface area contributed by atoms with Crippen LogP contribution < -0.4 is 5.32 Å². The van der Waals surface area contributed by atoms with Gasteiger partial charge in [0.1, 0.15) is 6.04 Å². The molecule has 4 nitrogen and oxygen atoms in total. The SMILES string of the molecule is O=C(Nc1ccc(F)c(F)c1)[C@H]1CCCN1C(=O)c1ccccc1. The first kappa shape index (κ1) is 16.1. The average molecular weight is 330 g/mol. The van der Waals surface area contributed by atoms with Gasteiger partial charge >= 0.3 is 0 Å². The topological polar surface area (TPSA) is 49.4 Å². The Bertz CT molecular complexity index is 765. The Morgan fingerprint density at radius 2 is 1.79 bits per heavy atom. The monoisotopic (exact) mass is 330 g/mol. The maximum absolute atomic E-state index is 13.2. The lowest BCUT2D eigenvalue weighted by atomic mass is 10.1. The summed E-state index contributed by atoms with van der Waals surface area (Å²) in [5.41, 5.74) is 0.683. The van der Waals surface area contributed by atoms with Crippen molar-refractivity contribution in [1.82, 2.24) is 4.90 Å². The van der Waals surface area contributed by atoms with Gasteiger partial charge in [-0.15, -0.1) is 0 Å². The Morgan fingerprint density at radius 1 is 1.04 bits per heavy atom. The summed E-state index contributed by atoms with van der Waals surface area (Å²) in [7, 11) is 0. The van der Waals surface area contributed by atoms with Crippen molar-refractivity contribution in [3.8, 4) is 0 Å². The van der Waals surface area contributed by atoms with Gasteiger partial charge in [0.25, 0.3) is 5.91 Å². The number of nitrogens with one attached hydrogen (secondary N) is 1. The van der Waals surface area contributed by atoms with Crippen molar-refractivity contribution in [3.05, 3.63) is 65.7 Å². The largest absolute Gasteiger partial charge is 0.327 e. The maximum Gasteiger partial charge on any atom is 0.254 e. The van der Waals surface area contributed by atoms with Crippen molar-refractivity contribution in [1.29, 1.82) is 0 Å². The van der Waals surface area contributed by atoms with E-state index >= 15 is 0 Å². The van der Waals surface area contributed by atoms with Gasteiger partial charge < -0.3 is 10.2 Å². The quantitative estimate of drug-likeness (QED) is 0.939. The Morgan fingerprint density at radius 3 is 2.50 bits per heavy atom. The molecule has 1 fully saturated rings. The van der Waals surface area contributed by atoms with Gasteiger partial charge in [-0.25, -0.2) is 8.78 Å². The van der Waals surface area contributed by atoms with E-state index in [1.54, 1.807) is 24.3 Å². The molecule has 1 aliphatic heterocycles. The summed E-state index contributed by atoms with van der Waals surface area (Å²) in [6.45, 7) is 0.490. The van der Waals surface area contributed by atoms with Gasteiger partial charge in [0.15, 0.2) is 11.6 Å². The Hall–Kier alpha value is -2.76. The second-order valence-corrected chi connectivity index (χ2v) is 5.64. The van der Waals surface area contributed by atoms with Crippen molar-refractivity contribution in [2.24, 2.45) is 0 Å². The van der Waals surface area contributed by atoms with Crippen LogP contribution in [-0.4, -0.2) is 29.3 Å². The molecule has 0 bridgehead atoms. The predicted molar refractivity (Wildman–Crippen MR) is 85.5 cm³/mol. The Labute approximate surface area is 138 Å². The molecular weight excluding hydrogens is 314 g/mol. The molecule has 0 aliphatic carbocycles. The summed E-state index contributed by atoms with van der Waals surface area (Å²) in [5, 5.41) is 2.55. The van der Waals surface area contributed by atoms with Crippen LogP contribution in [0.1, 0.15) is 23.2 Å². The standard InChI is InChI=1S/C18H16F2N2O2/c19-14-9-8-13(11-15(14)20)21-17(23)16-7-4-10-22(16)18(24)12-5-2-1-3-6-12/h1-3,5-6,8-9,11,16H,4,7,10H2,(H,21,23)/t16-/m1/s1. The normalized spacial score (nSPS) is 16.9. The number of anilines is 1. The molecule has 0 saturated carbocycles. The van der Waals surface area contributed by atoms with Crippen LogP contribution >= 0.6 is 0 Å². The van der Waals surface area contributed by atoms with E-state index in [-0.39, 0.29) is 11.6 Å². The average Bonchev–Trinajstić information content (AvgIpc) is 3.08. The number of carbonyl (C=O) groups excluding carboxylic acids is 2. The van der Waals surface area contributed by atoms with Crippen LogP contribution in [0.3, 0.4) is 0 Å². The summed E-state index contributed by atoms with van der Waals surface area (Å²) in [4.78, 5) is 26.5. The van der Waals surface area contributed by atoms with E-state index < -0.39 is 23.6 Å². The Kier molecular flexibility index (Phi) is 4.55. The van der Waals surface area contributed by atoms with Crippen molar-refractivity contribution in [3.63, 3.8) is 0 Å². The van der Waals surface area contributed by atoms with E-state index in [0.717, 1.165) is 12.1 Å². The maximum atomic E-state index is 13.2. The lowest BCUT2D eigenvalue weighted by Crippen LogP contribution is -2.43. The van der Waals surface area contributed by atoms with Gasteiger partial charge in [0.2, 0.25) is 5.91 Å². The van der Waals surface area contributed by atoms with Crippen LogP contribution in [0.5, 0.6) is 0 Å². The fraction of sp³-hybridized carbons (Fsp3) is 0.222. The predicted octanol–water partition coefficient (Wildman–Crippen LogP) is 3.21. The summed E-state index contributed by atoms with van der Waals surface area (Å²) < 4.78 is 26.2. The summed E-state index contributed by atoms with van der Waals surface area (Å²) in [6.07, 6.45) is 1.25. The minimum absolute atomic E-state index is 0.165. The number of nitrogens with zero attached hydrogens (tertiary/aromatic N) is 1. The molecule has 124 valence electrons. The van der Waals surface area contributed by atoms with Gasteiger partial charge in [0, 0.05) is 23.9 Å². The van der Waals surface area contributed by atoms with E-state index in [4.69, 9.17) is 0 Å². The van der Waals surface area contributed by atoms with Crippen LogP contribution in [-0.2, 0) is 4.79 Å². The van der Waals surface area contributed by atoms with Gasteiger partial charge in [-0.2, -0.15) is 0 Å². The zero-order valence-electron chi connectivity index (χ0n) is 12.8. The third-order valence-corrected chi connectivity index (χ3v) is 4.02. The van der Waals surface area contributed by atoms with Crippen LogP contribution in [0.15, 0.2) is 48.5 Å². The van der Waals surface area contributed by atoms with Crippen LogP contribution in [0.2, 0.25) is 0 Å². The molecule has 0 spiro atoms. The van der Waals surface area contributed by atoms with Crippen molar-refractivity contribution in [2.75, 3.05) is 11.9 Å². The molecule has 24 heavy (non-hydrogen) atoms. The second kappa shape index (κ2) is 6.78. The number of rotatable bonds is 3. The van der Waals surface area contributed by atoms with Crippen LogP contribution in [0.4, 0.5) is 14.5 Å². The Balaban J connectivity index is 1.74. The molecule has 0 aromatic heterocycles. The van der Waals surface area contributed by atoms with E-state index in [9.17, 15) is 18.4 Å². The van der Waals surface area contributed by atoms with Gasteiger partial charge in [0.05, 0.1) is 0 Å². The zero-order chi connectivity index (χ0) is 17.1. The van der Waals surface area contributed by atoms with E-state index in [1.165, 1.54) is 11.0 Å². The molecule has 1 aliphatic rings. The number of hydrogen-bond acceptors (Lipinski definition) is 2. The van der Waals surface area contributed by atoms with Gasteiger partial charge in [-0.05, 0) is 37.1 Å². The molecule has 1 heterocycles. The molecule has 2 amide bonds. The van der Waals surface area contributed by atoms with Crippen LogP contribution in [0.25, 0.3) is 0 Å². The number of benzene rings is 2. The molecule has 1 N–H and O–H groups in total. The van der Waals surface area contributed by atoms with Crippen LogP contribution in [0, 0.1) is 11.6 Å². The van der Waals surface area contributed by atoms with Crippen molar-refractivity contribution >= 4 is 17.5 Å².